The Morgan fingerprint density at radius 1 is 0.920 bits per heavy atom. The molecule has 3 aromatic rings. The third-order valence-corrected chi connectivity index (χ3v) is 4.52. The molecule has 0 aliphatic carbocycles. The van der Waals surface area contributed by atoms with Crippen LogP contribution in [0, 0.1) is 0 Å². The molecule has 3 rings (SSSR count). The van der Waals surface area contributed by atoms with Gasteiger partial charge in [-0.25, -0.2) is 4.98 Å². The summed E-state index contributed by atoms with van der Waals surface area (Å²) in [6, 6.07) is 16.6. The number of benzene rings is 2. The highest BCUT2D eigenvalue weighted by Gasteiger charge is 2.10. The van der Waals surface area contributed by atoms with Crippen molar-refractivity contribution in [1.29, 1.82) is 0 Å². The Balaban J connectivity index is 1.75. The molecule has 0 amide bonds. The average Bonchev–Trinajstić information content (AvgIpc) is 2.62. The van der Waals surface area contributed by atoms with E-state index in [1.54, 1.807) is 30.5 Å². The van der Waals surface area contributed by atoms with Crippen LogP contribution < -0.4 is 10.1 Å². The van der Waals surface area contributed by atoms with Crippen LogP contribution in [0.2, 0.25) is 15.1 Å². The van der Waals surface area contributed by atoms with E-state index in [9.17, 15) is 0 Å². The van der Waals surface area contributed by atoms with Crippen LogP contribution in [-0.4, -0.2) is 4.98 Å². The summed E-state index contributed by atoms with van der Waals surface area (Å²) in [7, 11) is 0. The fourth-order valence-electron chi connectivity index (χ4n) is 2.30. The molecule has 0 spiro atoms. The Morgan fingerprint density at radius 2 is 1.72 bits per heavy atom. The maximum atomic E-state index is 6.20. The summed E-state index contributed by atoms with van der Waals surface area (Å²) in [6.07, 6.45) is 1.73. The number of rotatable bonds is 6. The summed E-state index contributed by atoms with van der Waals surface area (Å²) >= 11 is 18.5. The van der Waals surface area contributed by atoms with Crippen molar-refractivity contribution in [3.63, 3.8) is 0 Å². The first-order chi connectivity index (χ1) is 12.1. The molecule has 6 heteroatoms. The summed E-state index contributed by atoms with van der Waals surface area (Å²) in [5.41, 5.74) is 1.67. The number of nitrogens with one attached hydrogen (secondary N) is 1. The Hall–Kier alpha value is -1.94. The minimum absolute atomic E-state index is 0.275. The smallest absolute Gasteiger partial charge is 0.126 e. The van der Waals surface area contributed by atoms with E-state index in [0.29, 0.717) is 27.4 Å². The van der Waals surface area contributed by atoms with Gasteiger partial charge in [0.2, 0.25) is 0 Å². The van der Waals surface area contributed by atoms with Gasteiger partial charge in [-0.1, -0.05) is 46.9 Å². The molecule has 25 heavy (non-hydrogen) atoms. The van der Waals surface area contributed by atoms with Gasteiger partial charge in [0.1, 0.15) is 18.2 Å². The lowest BCUT2D eigenvalue weighted by atomic mass is 10.2. The van der Waals surface area contributed by atoms with Crippen molar-refractivity contribution in [2.75, 3.05) is 5.32 Å². The summed E-state index contributed by atoms with van der Waals surface area (Å²) < 4.78 is 5.94. The van der Waals surface area contributed by atoms with Crippen LogP contribution in [-0.2, 0) is 13.2 Å². The monoisotopic (exact) mass is 392 g/mol. The number of anilines is 1. The van der Waals surface area contributed by atoms with Crippen LogP contribution in [0.5, 0.6) is 5.75 Å². The predicted molar refractivity (Wildman–Crippen MR) is 104 cm³/mol. The number of ether oxygens (including phenoxy) is 1. The molecule has 0 unspecified atom stereocenters. The van der Waals surface area contributed by atoms with Gasteiger partial charge in [-0.05, 0) is 42.5 Å². The van der Waals surface area contributed by atoms with Gasteiger partial charge in [0, 0.05) is 38.9 Å². The van der Waals surface area contributed by atoms with Gasteiger partial charge in [-0.3, -0.25) is 0 Å². The van der Waals surface area contributed by atoms with Gasteiger partial charge in [0.05, 0.1) is 0 Å². The second-order valence-corrected chi connectivity index (χ2v) is 6.56. The highest BCUT2D eigenvalue weighted by Crippen LogP contribution is 2.28. The van der Waals surface area contributed by atoms with E-state index >= 15 is 0 Å². The van der Waals surface area contributed by atoms with E-state index in [1.807, 2.05) is 30.3 Å². The molecule has 1 aromatic heterocycles. The Kier molecular flexibility index (Phi) is 6.03. The van der Waals surface area contributed by atoms with E-state index in [0.717, 1.165) is 16.9 Å². The molecule has 0 radical (unpaired) electrons. The largest absolute Gasteiger partial charge is 0.488 e. The van der Waals surface area contributed by atoms with Crippen molar-refractivity contribution in [3.8, 4) is 5.75 Å². The summed E-state index contributed by atoms with van der Waals surface area (Å²) in [5, 5.41) is 5.04. The van der Waals surface area contributed by atoms with Gasteiger partial charge in [-0.15, -0.1) is 0 Å². The Bertz CT molecular complexity index is 836. The minimum atomic E-state index is 0.275. The van der Waals surface area contributed by atoms with Crippen LogP contribution in [0.15, 0.2) is 60.8 Å². The average molecular weight is 394 g/mol. The van der Waals surface area contributed by atoms with Gasteiger partial charge in [0.25, 0.3) is 0 Å². The lowest BCUT2D eigenvalue weighted by molar-refractivity contribution is 0.303. The molecule has 0 fully saturated rings. The molecule has 128 valence electrons. The lowest BCUT2D eigenvalue weighted by Gasteiger charge is -2.14. The fraction of sp³-hybridized carbons (Fsp3) is 0.105. The first kappa shape index (κ1) is 17.9. The first-order valence-corrected chi connectivity index (χ1v) is 8.76. The summed E-state index contributed by atoms with van der Waals surface area (Å²) in [4.78, 5) is 4.24. The third-order valence-electron chi connectivity index (χ3n) is 3.58. The molecule has 0 atom stereocenters. The van der Waals surface area contributed by atoms with Crippen molar-refractivity contribution < 1.29 is 4.74 Å². The topological polar surface area (TPSA) is 34.1 Å². The molecule has 1 heterocycles. The first-order valence-electron chi connectivity index (χ1n) is 7.62. The third kappa shape index (κ3) is 4.79. The van der Waals surface area contributed by atoms with Crippen molar-refractivity contribution in [3.05, 3.63) is 87.0 Å². The predicted octanol–water partition coefficient (Wildman–Crippen LogP) is 6.23. The molecule has 0 saturated heterocycles. The second kappa shape index (κ2) is 8.43. The molecule has 0 saturated carbocycles. The van der Waals surface area contributed by atoms with Crippen LogP contribution in [0.4, 0.5) is 5.82 Å². The van der Waals surface area contributed by atoms with Crippen LogP contribution in [0.3, 0.4) is 0 Å². The molecular formula is C19H15Cl3N2O. The van der Waals surface area contributed by atoms with Gasteiger partial charge < -0.3 is 10.1 Å². The van der Waals surface area contributed by atoms with Crippen LogP contribution in [0.25, 0.3) is 0 Å². The van der Waals surface area contributed by atoms with Crippen molar-refractivity contribution in [2.24, 2.45) is 0 Å². The number of hydrogen-bond donors (Lipinski definition) is 1. The molecule has 1 N–H and O–H groups in total. The zero-order valence-electron chi connectivity index (χ0n) is 13.2. The Labute approximate surface area is 161 Å². The highest BCUT2D eigenvalue weighted by molar-refractivity contribution is 6.36. The molecule has 3 nitrogen and oxygen atoms in total. The van der Waals surface area contributed by atoms with E-state index in [2.05, 4.69) is 10.3 Å². The molecular weight excluding hydrogens is 379 g/mol. The maximum Gasteiger partial charge on any atom is 0.126 e. The van der Waals surface area contributed by atoms with Crippen molar-refractivity contribution >= 4 is 40.6 Å². The number of aromatic nitrogens is 1. The lowest BCUT2D eigenvalue weighted by Crippen LogP contribution is -2.05. The minimum Gasteiger partial charge on any atom is -0.488 e. The fourth-order valence-corrected chi connectivity index (χ4v) is 3.00. The normalized spacial score (nSPS) is 10.5. The molecule has 0 bridgehead atoms. The number of halogens is 3. The molecule has 0 aliphatic heterocycles. The number of pyridine rings is 1. The second-order valence-electron chi connectivity index (χ2n) is 5.31. The SMILES string of the molecule is Clc1ccc(OCc2c(Cl)cccc2Cl)c(CNc2ccccn2)c1. The van der Waals surface area contributed by atoms with Crippen molar-refractivity contribution in [1.82, 2.24) is 4.98 Å². The number of nitrogens with zero attached hydrogens (tertiary/aromatic N) is 1. The van der Waals surface area contributed by atoms with Crippen LogP contribution >= 0.6 is 34.8 Å². The standard InChI is InChI=1S/C19H15Cl3N2O/c20-14-7-8-18(25-12-15-16(21)4-3-5-17(15)22)13(10-14)11-24-19-6-1-2-9-23-19/h1-10H,11-12H2,(H,23,24). The van der Waals surface area contributed by atoms with E-state index in [-0.39, 0.29) is 6.61 Å². The zero-order chi connectivity index (χ0) is 17.6. The summed E-state index contributed by atoms with van der Waals surface area (Å²) in [5.74, 6) is 1.49. The molecule has 0 aliphatic rings. The van der Waals surface area contributed by atoms with E-state index in [1.165, 1.54) is 0 Å². The van der Waals surface area contributed by atoms with Gasteiger partial charge in [0.15, 0.2) is 0 Å². The van der Waals surface area contributed by atoms with E-state index < -0.39 is 0 Å². The van der Waals surface area contributed by atoms with E-state index in [4.69, 9.17) is 39.5 Å². The highest BCUT2D eigenvalue weighted by atomic mass is 35.5. The maximum absolute atomic E-state index is 6.20. The molecule has 2 aromatic carbocycles. The quantitative estimate of drug-likeness (QED) is 0.539. The van der Waals surface area contributed by atoms with Gasteiger partial charge >= 0.3 is 0 Å². The van der Waals surface area contributed by atoms with Crippen molar-refractivity contribution in [2.45, 2.75) is 13.2 Å². The Morgan fingerprint density at radius 3 is 2.44 bits per heavy atom. The van der Waals surface area contributed by atoms with Crippen LogP contribution in [0.1, 0.15) is 11.1 Å². The van der Waals surface area contributed by atoms with Gasteiger partial charge in [-0.2, -0.15) is 0 Å². The zero-order valence-corrected chi connectivity index (χ0v) is 15.4. The number of hydrogen-bond acceptors (Lipinski definition) is 3. The summed E-state index contributed by atoms with van der Waals surface area (Å²) in [6.45, 7) is 0.805.